The molecule has 3 N–H and O–H groups in total. The maximum absolute atomic E-state index is 12.9. The zero-order valence-corrected chi connectivity index (χ0v) is 15.1. The van der Waals surface area contributed by atoms with Crippen molar-refractivity contribution in [3.05, 3.63) is 48.2 Å². The fraction of sp³-hybridized carbons (Fsp3) is 0.350. The molecule has 0 spiro atoms. The monoisotopic (exact) mass is 366 g/mol. The Labute approximate surface area is 157 Å². The van der Waals surface area contributed by atoms with Crippen LogP contribution in [0.15, 0.2) is 42.6 Å². The van der Waals surface area contributed by atoms with Gasteiger partial charge in [-0.25, -0.2) is 4.79 Å². The number of ether oxygens (including phenoxy) is 1. The van der Waals surface area contributed by atoms with Crippen LogP contribution in [0, 0.1) is 0 Å². The van der Waals surface area contributed by atoms with Crippen LogP contribution in [0.1, 0.15) is 29.6 Å². The molecule has 140 valence electrons. The number of pyridine rings is 1. The molecule has 3 amide bonds. The second kappa shape index (κ2) is 7.26. The van der Waals surface area contributed by atoms with Crippen LogP contribution in [-0.4, -0.2) is 42.2 Å². The van der Waals surface area contributed by atoms with Crippen molar-refractivity contribution in [1.82, 2.24) is 20.9 Å². The molecule has 2 fully saturated rings. The molecule has 1 saturated carbocycles. The number of nitrogens with one attached hydrogen (secondary N) is 3. The predicted molar refractivity (Wildman–Crippen MR) is 101 cm³/mol. The Morgan fingerprint density at radius 2 is 2.04 bits per heavy atom. The maximum atomic E-state index is 12.9. The third-order valence-electron chi connectivity index (χ3n) is 5.21. The van der Waals surface area contributed by atoms with Gasteiger partial charge in [0, 0.05) is 17.8 Å². The van der Waals surface area contributed by atoms with Gasteiger partial charge in [0.2, 0.25) is 0 Å². The van der Waals surface area contributed by atoms with Gasteiger partial charge in [0.15, 0.2) is 0 Å². The Hall–Kier alpha value is -3.09. The van der Waals surface area contributed by atoms with Crippen molar-refractivity contribution < 1.29 is 14.3 Å². The summed E-state index contributed by atoms with van der Waals surface area (Å²) < 4.78 is 5.28. The highest BCUT2D eigenvalue weighted by Crippen LogP contribution is 2.26. The van der Waals surface area contributed by atoms with Gasteiger partial charge < -0.3 is 20.7 Å². The summed E-state index contributed by atoms with van der Waals surface area (Å²) in [6.45, 7) is 0. The van der Waals surface area contributed by atoms with Crippen molar-refractivity contribution in [2.75, 3.05) is 7.11 Å². The van der Waals surface area contributed by atoms with Crippen molar-refractivity contribution in [1.29, 1.82) is 0 Å². The lowest BCUT2D eigenvalue weighted by Crippen LogP contribution is -2.47. The minimum atomic E-state index is -0.151. The molecule has 7 heteroatoms. The van der Waals surface area contributed by atoms with Crippen LogP contribution in [0.4, 0.5) is 4.79 Å². The number of amides is 3. The maximum Gasteiger partial charge on any atom is 0.315 e. The van der Waals surface area contributed by atoms with E-state index in [2.05, 4.69) is 20.9 Å². The van der Waals surface area contributed by atoms with Gasteiger partial charge >= 0.3 is 6.03 Å². The van der Waals surface area contributed by atoms with Crippen molar-refractivity contribution in [3.63, 3.8) is 0 Å². The fourth-order valence-corrected chi connectivity index (χ4v) is 3.86. The first-order valence-electron chi connectivity index (χ1n) is 9.11. The number of aromatic nitrogens is 1. The van der Waals surface area contributed by atoms with Gasteiger partial charge in [0.1, 0.15) is 5.75 Å². The molecule has 0 radical (unpaired) electrons. The molecular formula is C20H22N4O3. The molecule has 1 aliphatic heterocycles. The Balaban J connectivity index is 1.52. The minimum absolute atomic E-state index is 0.0253. The van der Waals surface area contributed by atoms with Gasteiger partial charge in [-0.2, -0.15) is 0 Å². The van der Waals surface area contributed by atoms with Gasteiger partial charge in [-0.3, -0.25) is 9.78 Å². The number of nitrogens with zero attached hydrogens (tertiary/aromatic N) is 1. The molecule has 1 aromatic carbocycles. The number of methoxy groups -OCH3 is 1. The minimum Gasteiger partial charge on any atom is -0.497 e. The highest BCUT2D eigenvalue weighted by molar-refractivity contribution is 6.00. The Morgan fingerprint density at radius 1 is 1.19 bits per heavy atom. The van der Waals surface area contributed by atoms with E-state index in [1.807, 2.05) is 24.3 Å². The molecule has 0 bridgehead atoms. The van der Waals surface area contributed by atoms with E-state index in [4.69, 9.17) is 4.74 Å². The molecule has 27 heavy (non-hydrogen) atoms. The standard InChI is InChI=1S/C20H22N4O3/c1-27-14-5-2-4-12(10-14)18-15(6-3-9-21-18)19(25)22-13-7-8-16-17(11-13)24-20(26)23-16/h2-6,9-10,13,16-17H,7-8,11H2,1H3,(H,22,25)(H2,23,24,26). The molecule has 1 aromatic heterocycles. The van der Waals surface area contributed by atoms with Gasteiger partial charge in [0.25, 0.3) is 5.91 Å². The third kappa shape index (κ3) is 3.58. The van der Waals surface area contributed by atoms with E-state index in [1.54, 1.807) is 25.4 Å². The van der Waals surface area contributed by atoms with Crippen LogP contribution < -0.4 is 20.7 Å². The first-order chi connectivity index (χ1) is 13.1. The summed E-state index contributed by atoms with van der Waals surface area (Å²) >= 11 is 0. The first-order valence-corrected chi connectivity index (χ1v) is 9.11. The molecule has 3 unspecified atom stereocenters. The highest BCUT2D eigenvalue weighted by atomic mass is 16.5. The van der Waals surface area contributed by atoms with E-state index in [0.29, 0.717) is 17.0 Å². The number of fused-ring (bicyclic) bond motifs is 1. The van der Waals surface area contributed by atoms with Crippen molar-refractivity contribution >= 4 is 11.9 Å². The number of hydrogen-bond donors (Lipinski definition) is 3. The third-order valence-corrected chi connectivity index (χ3v) is 5.21. The Kier molecular flexibility index (Phi) is 4.66. The predicted octanol–water partition coefficient (Wildman–Crippen LogP) is 2.09. The topological polar surface area (TPSA) is 92.3 Å². The van der Waals surface area contributed by atoms with E-state index in [-0.39, 0.29) is 30.1 Å². The van der Waals surface area contributed by atoms with Crippen molar-refractivity contribution in [3.8, 4) is 17.0 Å². The van der Waals surface area contributed by atoms with Gasteiger partial charge in [-0.1, -0.05) is 12.1 Å². The van der Waals surface area contributed by atoms with E-state index in [9.17, 15) is 9.59 Å². The number of rotatable bonds is 4. The zero-order valence-electron chi connectivity index (χ0n) is 15.1. The quantitative estimate of drug-likeness (QED) is 0.773. The van der Waals surface area contributed by atoms with Crippen LogP contribution in [0.25, 0.3) is 11.3 Å². The Bertz CT molecular complexity index is 870. The lowest BCUT2D eigenvalue weighted by atomic mass is 9.87. The summed E-state index contributed by atoms with van der Waals surface area (Å²) in [6.07, 6.45) is 4.09. The van der Waals surface area contributed by atoms with E-state index < -0.39 is 0 Å². The van der Waals surface area contributed by atoms with Gasteiger partial charge in [-0.05, 0) is 43.5 Å². The molecule has 2 aliphatic rings. The zero-order chi connectivity index (χ0) is 18.8. The van der Waals surface area contributed by atoms with Crippen molar-refractivity contribution in [2.45, 2.75) is 37.4 Å². The number of benzene rings is 1. The molecule has 7 nitrogen and oxygen atoms in total. The average Bonchev–Trinajstić information content (AvgIpc) is 3.07. The summed E-state index contributed by atoms with van der Waals surface area (Å²) in [7, 11) is 1.61. The molecule has 2 aromatic rings. The summed E-state index contributed by atoms with van der Waals surface area (Å²) in [5, 5.41) is 8.95. The largest absolute Gasteiger partial charge is 0.497 e. The number of urea groups is 1. The number of carbonyl (C=O) groups excluding carboxylic acids is 2. The van der Waals surface area contributed by atoms with Gasteiger partial charge in [0.05, 0.1) is 30.5 Å². The van der Waals surface area contributed by atoms with Crippen LogP contribution in [0.2, 0.25) is 0 Å². The van der Waals surface area contributed by atoms with Crippen LogP contribution in [0.5, 0.6) is 5.75 Å². The van der Waals surface area contributed by atoms with Crippen LogP contribution in [-0.2, 0) is 0 Å². The normalized spacial score (nSPS) is 23.7. The Morgan fingerprint density at radius 3 is 2.89 bits per heavy atom. The second-order valence-corrected chi connectivity index (χ2v) is 6.95. The van der Waals surface area contributed by atoms with Gasteiger partial charge in [-0.15, -0.1) is 0 Å². The summed E-state index contributed by atoms with van der Waals surface area (Å²) in [4.78, 5) is 28.8. The van der Waals surface area contributed by atoms with E-state index >= 15 is 0 Å². The van der Waals surface area contributed by atoms with E-state index in [0.717, 1.165) is 24.8 Å². The second-order valence-electron chi connectivity index (χ2n) is 6.95. The summed E-state index contributed by atoms with van der Waals surface area (Å²) in [6, 6.07) is 11.2. The lowest BCUT2D eigenvalue weighted by Gasteiger charge is -2.31. The highest BCUT2D eigenvalue weighted by Gasteiger charge is 2.37. The molecule has 1 saturated heterocycles. The summed E-state index contributed by atoms with van der Waals surface area (Å²) in [5.41, 5.74) is 1.98. The average molecular weight is 366 g/mol. The molecule has 1 aliphatic carbocycles. The molecular weight excluding hydrogens is 344 g/mol. The van der Waals surface area contributed by atoms with Crippen LogP contribution >= 0.6 is 0 Å². The molecule has 4 rings (SSSR count). The smallest absolute Gasteiger partial charge is 0.315 e. The lowest BCUT2D eigenvalue weighted by molar-refractivity contribution is 0.0923. The fourth-order valence-electron chi connectivity index (χ4n) is 3.86. The molecule has 2 heterocycles. The van der Waals surface area contributed by atoms with Crippen molar-refractivity contribution in [2.24, 2.45) is 0 Å². The number of carbonyl (C=O) groups is 2. The molecule has 3 atom stereocenters. The number of hydrogen-bond acceptors (Lipinski definition) is 4. The summed E-state index contributed by atoms with van der Waals surface area (Å²) in [5.74, 6) is 0.564. The first kappa shape index (κ1) is 17.3. The van der Waals surface area contributed by atoms with E-state index in [1.165, 1.54) is 0 Å². The van der Waals surface area contributed by atoms with Crippen LogP contribution in [0.3, 0.4) is 0 Å². The SMILES string of the molecule is COc1cccc(-c2ncccc2C(=O)NC2CCC3NC(=O)NC3C2)c1.